The molecule has 2 aliphatic rings. The van der Waals surface area contributed by atoms with Gasteiger partial charge in [-0.25, -0.2) is 4.99 Å². The highest BCUT2D eigenvalue weighted by Crippen LogP contribution is 2.47. The highest BCUT2D eigenvalue weighted by molar-refractivity contribution is 7.08. The first kappa shape index (κ1) is 27.5. The minimum atomic E-state index is -4.66. The van der Waals surface area contributed by atoms with Crippen LogP contribution in [0.25, 0.3) is 0 Å². The second-order valence-electron chi connectivity index (χ2n) is 9.11. The van der Waals surface area contributed by atoms with Crippen molar-refractivity contribution in [3.8, 4) is 11.6 Å². The number of anilines is 2. The maximum Gasteiger partial charge on any atom is 0.416 e. The van der Waals surface area contributed by atoms with Crippen molar-refractivity contribution in [2.24, 2.45) is 4.99 Å². The van der Waals surface area contributed by atoms with Crippen LogP contribution in [0.1, 0.15) is 23.6 Å². The summed E-state index contributed by atoms with van der Waals surface area (Å²) in [5.41, 5.74) is -0.679. The Kier molecular flexibility index (Phi) is 7.45. The van der Waals surface area contributed by atoms with Gasteiger partial charge in [0, 0.05) is 43.2 Å². The van der Waals surface area contributed by atoms with Crippen molar-refractivity contribution >= 4 is 40.5 Å². The number of nitrogens with zero attached hydrogens (tertiary/aromatic N) is 5. The monoisotopic (exact) mass is 579 g/mol. The third-order valence-electron chi connectivity index (χ3n) is 6.79. The number of hydrogen-bond acceptors (Lipinski definition) is 9. The van der Waals surface area contributed by atoms with Crippen LogP contribution in [-0.2, 0) is 11.0 Å². The number of thiophene rings is 1. The number of aliphatic imine (C=N–C) groups is 1. The van der Waals surface area contributed by atoms with E-state index >= 15 is 0 Å². The summed E-state index contributed by atoms with van der Waals surface area (Å²) < 4.78 is 66.8. The average molecular weight is 580 g/mol. The number of piperazine rings is 1. The number of ether oxygens (including phenoxy) is 2. The Morgan fingerprint density at radius 1 is 1.10 bits per heavy atom. The normalized spacial score (nSPS) is 17.4. The quantitative estimate of drug-likeness (QED) is 0.401. The average Bonchev–Trinajstić information content (AvgIpc) is 3.32. The number of aromatic nitrogens is 1. The number of benzene rings is 1. The van der Waals surface area contributed by atoms with Gasteiger partial charge in [0.25, 0.3) is 0 Å². The Morgan fingerprint density at radius 2 is 1.82 bits per heavy atom. The van der Waals surface area contributed by atoms with Crippen molar-refractivity contribution < 1.29 is 36.9 Å². The molecule has 0 amide bonds. The lowest BCUT2D eigenvalue weighted by Gasteiger charge is -2.44. The molecule has 1 saturated heterocycles. The number of halogens is 4. The number of carboxylic acids is 1. The number of methoxy groups -OCH3 is 2. The molecule has 1 atom stereocenters. The molecule has 1 N–H and O–H groups in total. The van der Waals surface area contributed by atoms with Gasteiger partial charge >= 0.3 is 12.1 Å². The maximum absolute atomic E-state index is 14.9. The predicted molar refractivity (Wildman–Crippen MR) is 141 cm³/mol. The van der Waals surface area contributed by atoms with Gasteiger partial charge in [-0.2, -0.15) is 22.5 Å². The molecule has 1 unspecified atom stereocenters. The molecule has 9 nitrogen and oxygen atoms in total. The van der Waals surface area contributed by atoms with E-state index in [4.69, 9.17) is 9.47 Å². The lowest BCUT2D eigenvalue weighted by atomic mass is 10.00. The molecule has 5 rings (SSSR count). The molecule has 1 aromatic carbocycles. The fourth-order valence-corrected chi connectivity index (χ4v) is 5.64. The van der Waals surface area contributed by atoms with Gasteiger partial charge in [-0.3, -0.25) is 4.79 Å². The molecular formula is C26H25F4N5O4S. The van der Waals surface area contributed by atoms with E-state index in [1.165, 1.54) is 30.6 Å². The van der Waals surface area contributed by atoms with Crippen molar-refractivity contribution in [2.75, 3.05) is 50.2 Å². The first-order valence-electron chi connectivity index (χ1n) is 12.2. The minimum Gasteiger partial charge on any atom is -0.495 e. The SMILES string of the molecule is COc1cccc(N2CCN(C3=Nc4c(csc4F)C(CC(=O)O)N3c3cc(C(F)(F)F)ccc3OC)CC2)n1. The molecule has 2 aromatic heterocycles. The largest absolute Gasteiger partial charge is 0.495 e. The minimum absolute atomic E-state index is 0.00895. The standard InChI is InChI=1S/C26H25F4N5O4S/c1-38-19-7-6-15(26(28,29)30)12-18(19)35-17(13-22(36)37)16-14-40-24(27)23(16)32-25(35)34-10-8-33(9-11-34)20-4-3-5-21(31-20)39-2/h3-7,12,14,17H,8-11,13H2,1-2H3,(H,36,37). The van der Waals surface area contributed by atoms with Crippen LogP contribution in [0.3, 0.4) is 0 Å². The number of rotatable bonds is 6. The van der Waals surface area contributed by atoms with Crippen LogP contribution in [-0.4, -0.2) is 67.3 Å². The zero-order chi connectivity index (χ0) is 28.6. The van der Waals surface area contributed by atoms with Crippen LogP contribution >= 0.6 is 11.3 Å². The number of carbonyl (C=O) groups is 1. The van der Waals surface area contributed by atoms with E-state index in [9.17, 15) is 27.5 Å². The number of fused-ring (bicyclic) bond motifs is 1. The molecular weight excluding hydrogens is 554 g/mol. The first-order valence-corrected chi connectivity index (χ1v) is 13.1. The second-order valence-corrected chi connectivity index (χ2v) is 9.94. The van der Waals surface area contributed by atoms with Gasteiger partial charge in [-0.1, -0.05) is 6.07 Å². The third-order valence-corrected chi connectivity index (χ3v) is 7.56. The molecule has 1 fully saturated rings. The molecule has 14 heteroatoms. The van der Waals surface area contributed by atoms with Crippen molar-refractivity contribution in [2.45, 2.75) is 18.6 Å². The molecule has 212 valence electrons. The fraction of sp³-hybridized carbons (Fsp3) is 0.346. The molecule has 4 heterocycles. The van der Waals surface area contributed by atoms with Crippen LogP contribution < -0.4 is 19.3 Å². The number of carboxylic acid groups (broad SMARTS) is 1. The van der Waals surface area contributed by atoms with Gasteiger partial charge in [0.15, 0.2) is 0 Å². The topological polar surface area (TPSA) is 90.7 Å². The summed E-state index contributed by atoms with van der Waals surface area (Å²) in [5.74, 6) is 0.183. The smallest absolute Gasteiger partial charge is 0.416 e. The summed E-state index contributed by atoms with van der Waals surface area (Å²) in [5, 5.41) is 10.6. The van der Waals surface area contributed by atoms with Crippen LogP contribution in [0, 0.1) is 5.13 Å². The van der Waals surface area contributed by atoms with Gasteiger partial charge < -0.3 is 29.3 Å². The molecule has 2 aliphatic heterocycles. The highest BCUT2D eigenvalue weighted by Gasteiger charge is 2.41. The zero-order valence-corrected chi connectivity index (χ0v) is 22.3. The number of alkyl halides is 3. The lowest BCUT2D eigenvalue weighted by Crippen LogP contribution is -2.55. The first-order chi connectivity index (χ1) is 19.1. The Balaban J connectivity index is 1.58. The van der Waals surface area contributed by atoms with E-state index < -0.39 is 35.3 Å². The molecule has 0 radical (unpaired) electrons. The van der Waals surface area contributed by atoms with E-state index in [-0.39, 0.29) is 28.6 Å². The van der Waals surface area contributed by atoms with Gasteiger partial charge in [0.05, 0.1) is 37.9 Å². The van der Waals surface area contributed by atoms with Crippen LogP contribution in [0.2, 0.25) is 0 Å². The number of guanidine groups is 1. The highest BCUT2D eigenvalue weighted by atomic mass is 32.1. The third kappa shape index (κ3) is 5.22. The molecule has 0 spiro atoms. The van der Waals surface area contributed by atoms with E-state index in [2.05, 4.69) is 9.98 Å². The van der Waals surface area contributed by atoms with Gasteiger partial charge in [-0.05, 0) is 24.3 Å². The summed E-state index contributed by atoms with van der Waals surface area (Å²) >= 11 is 0.764. The van der Waals surface area contributed by atoms with Gasteiger partial charge in [0.2, 0.25) is 17.0 Å². The molecule has 40 heavy (non-hydrogen) atoms. The van der Waals surface area contributed by atoms with Crippen molar-refractivity contribution in [1.29, 1.82) is 0 Å². The summed E-state index contributed by atoms with van der Waals surface area (Å²) in [6.07, 6.45) is -5.17. The van der Waals surface area contributed by atoms with E-state index in [0.29, 0.717) is 37.9 Å². The molecule has 0 aliphatic carbocycles. The molecule has 0 bridgehead atoms. The summed E-state index contributed by atoms with van der Waals surface area (Å²) in [6, 6.07) is 7.34. The van der Waals surface area contributed by atoms with Crippen molar-refractivity contribution in [3.05, 3.63) is 58.0 Å². The Morgan fingerprint density at radius 3 is 2.48 bits per heavy atom. The molecule has 0 saturated carbocycles. The summed E-state index contributed by atoms with van der Waals surface area (Å²) in [7, 11) is 2.84. The van der Waals surface area contributed by atoms with Crippen LogP contribution in [0.5, 0.6) is 11.6 Å². The van der Waals surface area contributed by atoms with Crippen LogP contribution in [0.4, 0.5) is 34.8 Å². The van der Waals surface area contributed by atoms with Crippen molar-refractivity contribution in [3.63, 3.8) is 0 Å². The van der Waals surface area contributed by atoms with E-state index in [1.807, 2.05) is 21.9 Å². The Hall–Kier alpha value is -4.07. The number of aliphatic carboxylic acids is 1. The van der Waals surface area contributed by atoms with Gasteiger partial charge in [0.1, 0.15) is 17.3 Å². The summed E-state index contributed by atoms with van der Waals surface area (Å²) in [4.78, 5) is 26.2. The maximum atomic E-state index is 14.9. The number of pyridine rings is 1. The second kappa shape index (κ2) is 10.8. The van der Waals surface area contributed by atoms with E-state index in [0.717, 1.165) is 23.5 Å². The van der Waals surface area contributed by atoms with E-state index in [1.54, 1.807) is 6.07 Å². The fourth-order valence-electron chi connectivity index (χ4n) is 4.87. The zero-order valence-electron chi connectivity index (χ0n) is 21.5. The Bertz CT molecular complexity index is 1440. The predicted octanol–water partition coefficient (Wildman–Crippen LogP) is 5.16. The van der Waals surface area contributed by atoms with Crippen molar-refractivity contribution in [1.82, 2.24) is 9.88 Å². The summed E-state index contributed by atoms with van der Waals surface area (Å²) in [6.45, 7) is 1.65. The number of hydrogen-bond donors (Lipinski definition) is 1. The molecule has 3 aromatic rings. The Labute approximate surface area is 230 Å². The van der Waals surface area contributed by atoms with Crippen LogP contribution in [0.15, 0.2) is 46.8 Å². The lowest BCUT2D eigenvalue weighted by molar-refractivity contribution is -0.138. The van der Waals surface area contributed by atoms with Gasteiger partial charge in [-0.15, -0.1) is 11.3 Å².